The van der Waals surface area contributed by atoms with Crippen molar-refractivity contribution in [2.45, 2.75) is 12.8 Å². The Morgan fingerprint density at radius 3 is 2.82 bits per heavy atom. The summed E-state index contributed by atoms with van der Waals surface area (Å²) >= 11 is 6.06. The summed E-state index contributed by atoms with van der Waals surface area (Å²) in [4.78, 5) is 15.4. The van der Waals surface area contributed by atoms with Crippen molar-refractivity contribution in [1.29, 1.82) is 0 Å². The molecule has 1 heterocycles. The number of aliphatic hydroxyl groups is 1. The Morgan fingerprint density at radius 1 is 1.23 bits per heavy atom. The first-order chi connectivity index (χ1) is 10.6. The van der Waals surface area contributed by atoms with E-state index in [-0.39, 0.29) is 25.0 Å². The van der Waals surface area contributed by atoms with Gasteiger partial charge in [-0.3, -0.25) is 4.79 Å². The van der Waals surface area contributed by atoms with Gasteiger partial charge in [-0.1, -0.05) is 23.7 Å². The number of carbonyl (C=O) groups is 1. The predicted molar refractivity (Wildman–Crippen MR) is 89.3 cm³/mol. The van der Waals surface area contributed by atoms with Gasteiger partial charge < -0.3 is 15.4 Å². The quantitative estimate of drug-likeness (QED) is 0.692. The first kappa shape index (κ1) is 14.9. The molecule has 4 nitrogen and oxygen atoms in total. The number of benzene rings is 2. The Bertz CT molecular complexity index is 841. The molecule has 1 amide bonds. The molecule has 0 unspecified atom stereocenters. The fourth-order valence-corrected chi connectivity index (χ4v) is 2.82. The molecule has 0 aliphatic rings. The molecule has 22 heavy (non-hydrogen) atoms. The molecule has 1 atom stereocenters. The second-order valence-electron chi connectivity index (χ2n) is 5.36. The molecule has 0 fully saturated rings. The van der Waals surface area contributed by atoms with Crippen LogP contribution < -0.4 is 5.32 Å². The molecule has 5 heteroatoms. The molecule has 3 N–H and O–H groups in total. The van der Waals surface area contributed by atoms with Crippen LogP contribution in [0, 0.1) is 0 Å². The monoisotopic (exact) mass is 316 g/mol. The largest absolute Gasteiger partial charge is 0.395 e. The number of hydrogen-bond donors (Lipinski definition) is 3. The van der Waals surface area contributed by atoms with Crippen LogP contribution in [0.3, 0.4) is 0 Å². The third kappa shape index (κ3) is 2.67. The number of aliphatic hydroxyl groups excluding tert-OH is 1. The van der Waals surface area contributed by atoms with Crippen LogP contribution in [0.1, 0.15) is 18.4 Å². The van der Waals surface area contributed by atoms with Crippen molar-refractivity contribution in [1.82, 2.24) is 10.3 Å². The lowest BCUT2D eigenvalue weighted by Crippen LogP contribution is -2.30. The molecular formula is C17H17ClN2O2. The van der Waals surface area contributed by atoms with Crippen LogP contribution >= 0.6 is 11.6 Å². The minimum absolute atomic E-state index is 0.0553. The number of hydrogen-bond acceptors (Lipinski definition) is 2. The highest BCUT2D eigenvalue weighted by Crippen LogP contribution is 2.30. The Kier molecular flexibility index (Phi) is 4.05. The van der Waals surface area contributed by atoms with Gasteiger partial charge in [-0.05, 0) is 36.8 Å². The van der Waals surface area contributed by atoms with Gasteiger partial charge >= 0.3 is 0 Å². The number of aromatic nitrogens is 1. The van der Waals surface area contributed by atoms with Gasteiger partial charge in [0, 0.05) is 33.4 Å². The van der Waals surface area contributed by atoms with E-state index in [2.05, 4.69) is 10.3 Å². The molecule has 3 aromatic rings. The Labute approximate surface area is 133 Å². The number of rotatable bonds is 4. The van der Waals surface area contributed by atoms with Gasteiger partial charge in [-0.25, -0.2) is 0 Å². The molecule has 1 aromatic heterocycles. The second-order valence-corrected chi connectivity index (χ2v) is 5.79. The molecule has 0 radical (unpaired) electrons. The number of carbonyl (C=O) groups excluding carboxylic acids is 1. The SMILES string of the molecule is C[C@@H](C(=O)NCCO)c1ccc2c(c1)[nH]c1ccc(Cl)cc12. The van der Waals surface area contributed by atoms with Crippen molar-refractivity contribution in [2.75, 3.05) is 13.2 Å². The molecule has 0 saturated carbocycles. The van der Waals surface area contributed by atoms with E-state index in [0.29, 0.717) is 5.02 Å². The van der Waals surface area contributed by atoms with Crippen LogP contribution in [0.5, 0.6) is 0 Å². The van der Waals surface area contributed by atoms with Gasteiger partial charge in [-0.2, -0.15) is 0 Å². The van der Waals surface area contributed by atoms with Crippen LogP contribution in [0.15, 0.2) is 36.4 Å². The number of nitrogens with one attached hydrogen (secondary N) is 2. The summed E-state index contributed by atoms with van der Waals surface area (Å²) in [5, 5.41) is 14.3. The summed E-state index contributed by atoms with van der Waals surface area (Å²) in [5.41, 5.74) is 2.94. The van der Waals surface area contributed by atoms with Gasteiger partial charge in [0.1, 0.15) is 0 Å². The minimum Gasteiger partial charge on any atom is -0.395 e. The summed E-state index contributed by atoms with van der Waals surface area (Å²) in [7, 11) is 0. The Hall–Kier alpha value is -2.04. The predicted octanol–water partition coefficient (Wildman–Crippen LogP) is 3.19. The van der Waals surface area contributed by atoms with Crippen LogP contribution in [0.25, 0.3) is 21.8 Å². The number of aromatic amines is 1. The zero-order valence-corrected chi connectivity index (χ0v) is 12.9. The van der Waals surface area contributed by atoms with E-state index in [1.54, 1.807) is 0 Å². The highest BCUT2D eigenvalue weighted by molar-refractivity contribution is 6.31. The van der Waals surface area contributed by atoms with E-state index >= 15 is 0 Å². The fourth-order valence-electron chi connectivity index (χ4n) is 2.65. The van der Waals surface area contributed by atoms with Gasteiger partial charge in [0.25, 0.3) is 0 Å². The van der Waals surface area contributed by atoms with Crippen LogP contribution in [0.4, 0.5) is 0 Å². The highest BCUT2D eigenvalue weighted by Gasteiger charge is 2.16. The molecule has 0 spiro atoms. The summed E-state index contributed by atoms with van der Waals surface area (Å²) in [5.74, 6) is -0.362. The van der Waals surface area contributed by atoms with Crippen molar-refractivity contribution >= 4 is 39.3 Å². The zero-order valence-electron chi connectivity index (χ0n) is 12.2. The molecule has 2 aromatic carbocycles. The highest BCUT2D eigenvalue weighted by atomic mass is 35.5. The Morgan fingerprint density at radius 2 is 2.05 bits per heavy atom. The summed E-state index contributed by atoms with van der Waals surface area (Å²) in [6, 6.07) is 11.7. The molecule has 0 saturated heterocycles. The van der Waals surface area contributed by atoms with Crippen LogP contribution in [-0.2, 0) is 4.79 Å². The van der Waals surface area contributed by atoms with E-state index in [0.717, 1.165) is 27.4 Å². The molecule has 114 valence electrons. The van der Waals surface area contributed by atoms with Crippen LogP contribution in [0.2, 0.25) is 5.02 Å². The maximum atomic E-state index is 12.0. The van der Waals surface area contributed by atoms with Crippen LogP contribution in [-0.4, -0.2) is 29.1 Å². The maximum Gasteiger partial charge on any atom is 0.227 e. The normalized spacial score (nSPS) is 12.7. The maximum absolute atomic E-state index is 12.0. The first-order valence-electron chi connectivity index (χ1n) is 7.19. The molecular weight excluding hydrogens is 300 g/mol. The minimum atomic E-state index is -0.272. The molecule has 0 aliphatic heterocycles. The van der Waals surface area contributed by atoms with Gasteiger partial charge in [0.15, 0.2) is 0 Å². The third-order valence-corrected chi connectivity index (χ3v) is 4.12. The number of fused-ring (bicyclic) bond motifs is 3. The third-order valence-electron chi connectivity index (χ3n) is 3.89. The summed E-state index contributed by atoms with van der Waals surface area (Å²) in [6.45, 7) is 2.07. The van der Waals surface area contributed by atoms with Crippen molar-refractivity contribution in [2.24, 2.45) is 0 Å². The lowest BCUT2D eigenvalue weighted by molar-refractivity contribution is -0.122. The lowest BCUT2D eigenvalue weighted by Gasteiger charge is -2.12. The molecule has 0 bridgehead atoms. The number of amides is 1. The van der Waals surface area contributed by atoms with E-state index in [1.807, 2.05) is 43.3 Å². The van der Waals surface area contributed by atoms with Gasteiger partial charge in [0.2, 0.25) is 5.91 Å². The lowest BCUT2D eigenvalue weighted by atomic mass is 9.98. The van der Waals surface area contributed by atoms with Gasteiger partial charge in [0.05, 0.1) is 12.5 Å². The zero-order chi connectivity index (χ0) is 15.7. The standard InChI is InChI=1S/C17H17ClN2O2/c1-10(17(22)19-6-7-21)11-2-4-13-14-9-12(18)3-5-15(14)20-16(13)8-11/h2-5,8-10,20-21H,6-7H2,1H3,(H,19,22)/t10-/m1/s1. The smallest absolute Gasteiger partial charge is 0.227 e. The molecule has 3 rings (SSSR count). The number of halogens is 1. The van der Waals surface area contributed by atoms with E-state index in [1.165, 1.54) is 0 Å². The first-order valence-corrected chi connectivity index (χ1v) is 7.57. The van der Waals surface area contributed by atoms with Crippen molar-refractivity contribution in [3.63, 3.8) is 0 Å². The fraction of sp³-hybridized carbons (Fsp3) is 0.235. The summed E-state index contributed by atoms with van der Waals surface area (Å²) in [6.07, 6.45) is 0. The second kappa shape index (κ2) is 5.99. The average molecular weight is 317 g/mol. The van der Waals surface area contributed by atoms with E-state index in [4.69, 9.17) is 16.7 Å². The van der Waals surface area contributed by atoms with E-state index in [9.17, 15) is 4.79 Å². The topological polar surface area (TPSA) is 65.1 Å². The average Bonchev–Trinajstić information content (AvgIpc) is 2.88. The van der Waals surface area contributed by atoms with Crippen molar-refractivity contribution in [3.8, 4) is 0 Å². The van der Waals surface area contributed by atoms with E-state index < -0.39 is 0 Å². The summed E-state index contributed by atoms with van der Waals surface area (Å²) < 4.78 is 0. The Balaban J connectivity index is 1.99. The van der Waals surface area contributed by atoms with Crippen molar-refractivity contribution in [3.05, 3.63) is 47.0 Å². The van der Waals surface area contributed by atoms with Crippen molar-refractivity contribution < 1.29 is 9.90 Å². The number of H-pyrrole nitrogens is 1. The molecule has 0 aliphatic carbocycles. The van der Waals surface area contributed by atoms with Gasteiger partial charge in [-0.15, -0.1) is 0 Å².